The zero-order valence-corrected chi connectivity index (χ0v) is 7.45. The lowest BCUT2D eigenvalue weighted by Gasteiger charge is -2.07. The quantitative estimate of drug-likeness (QED) is 0.362. The molecular weight excluding hydrogens is 156 g/mol. The fourth-order valence-corrected chi connectivity index (χ4v) is 1.20. The third-order valence-electron chi connectivity index (χ3n) is 1.96. The van der Waals surface area contributed by atoms with Gasteiger partial charge in [-0.05, 0) is 13.3 Å². The first-order valence-corrected chi connectivity index (χ1v) is 4.17. The Kier molecular flexibility index (Phi) is 2.87. The number of hydrogen-bond donors (Lipinski definition) is 0. The van der Waals surface area contributed by atoms with E-state index in [1.807, 2.05) is 13.8 Å². The Bertz CT molecular complexity index is 188. The SMILES string of the molecule is C=CC(=O)OC(C)C1OC1CC. The van der Waals surface area contributed by atoms with Crippen LogP contribution in [0.3, 0.4) is 0 Å². The number of hydrogen-bond acceptors (Lipinski definition) is 3. The van der Waals surface area contributed by atoms with Crippen molar-refractivity contribution in [3.8, 4) is 0 Å². The van der Waals surface area contributed by atoms with E-state index in [1.165, 1.54) is 6.08 Å². The number of carbonyl (C=O) groups is 1. The topological polar surface area (TPSA) is 38.8 Å². The zero-order chi connectivity index (χ0) is 9.14. The molecule has 1 saturated heterocycles. The molecule has 3 heteroatoms. The maximum absolute atomic E-state index is 10.8. The van der Waals surface area contributed by atoms with Gasteiger partial charge in [0.05, 0.1) is 6.10 Å². The fraction of sp³-hybridized carbons (Fsp3) is 0.667. The normalized spacial score (nSPS) is 29.2. The predicted molar refractivity (Wildman–Crippen MR) is 44.7 cm³/mol. The molecule has 0 aromatic heterocycles. The molecule has 1 heterocycles. The maximum Gasteiger partial charge on any atom is 0.330 e. The molecule has 0 saturated carbocycles. The molecule has 3 nitrogen and oxygen atoms in total. The summed E-state index contributed by atoms with van der Waals surface area (Å²) >= 11 is 0. The molecule has 1 rings (SSSR count). The Morgan fingerprint density at radius 1 is 1.83 bits per heavy atom. The smallest absolute Gasteiger partial charge is 0.330 e. The van der Waals surface area contributed by atoms with Crippen molar-refractivity contribution in [1.29, 1.82) is 0 Å². The average molecular weight is 170 g/mol. The van der Waals surface area contributed by atoms with Crippen LogP contribution in [0.5, 0.6) is 0 Å². The summed E-state index contributed by atoms with van der Waals surface area (Å²) in [5.74, 6) is -0.382. The minimum Gasteiger partial charge on any atom is -0.457 e. The van der Waals surface area contributed by atoms with Crippen LogP contribution in [-0.4, -0.2) is 24.3 Å². The maximum atomic E-state index is 10.8. The summed E-state index contributed by atoms with van der Waals surface area (Å²) in [6.45, 7) is 7.20. The molecular formula is C9H14O3. The van der Waals surface area contributed by atoms with Crippen LogP contribution in [-0.2, 0) is 14.3 Å². The third kappa shape index (κ3) is 2.08. The summed E-state index contributed by atoms with van der Waals surface area (Å²) in [6, 6.07) is 0. The molecule has 68 valence electrons. The monoisotopic (exact) mass is 170 g/mol. The Morgan fingerprint density at radius 2 is 2.50 bits per heavy atom. The molecule has 0 bridgehead atoms. The lowest BCUT2D eigenvalue weighted by Crippen LogP contribution is -2.20. The minimum atomic E-state index is -0.382. The van der Waals surface area contributed by atoms with Crippen LogP contribution in [0.1, 0.15) is 20.3 Å². The van der Waals surface area contributed by atoms with E-state index in [0.717, 1.165) is 6.42 Å². The van der Waals surface area contributed by atoms with Crippen LogP contribution in [0, 0.1) is 0 Å². The molecule has 0 amide bonds. The van der Waals surface area contributed by atoms with E-state index in [1.54, 1.807) is 0 Å². The van der Waals surface area contributed by atoms with Crippen LogP contribution in [0.2, 0.25) is 0 Å². The molecule has 3 unspecified atom stereocenters. The van der Waals surface area contributed by atoms with Crippen molar-refractivity contribution in [1.82, 2.24) is 0 Å². The Morgan fingerprint density at radius 3 is 2.92 bits per heavy atom. The van der Waals surface area contributed by atoms with Gasteiger partial charge in [0, 0.05) is 6.08 Å². The molecule has 0 spiro atoms. The second kappa shape index (κ2) is 3.72. The second-order valence-electron chi connectivity index (χ2n) is 2.89. The molecule has 3 atom stereocenters. The van der Waals surface area contributed by atoms with Gasteiger partial charge in [-0.3, -0.25) is 0 Å². The highest BCUT2D eigenvalue weighted by molar-refractivity contribution is 5.81. The van der Waals surface area contributed by atoms with Gasteiger partial charge in [0.25, 0.3) is 0 Å². The van der Waals surface area contributed by atoms with E-state index in [-0.39, 0.29) is 24.3 Å². The van der Waals surface area contributed by atoms with Gasteiger partial charge in [0.2, 0.25) is 0 Å². The largest absolute Gasteiger partial charge is 0.457 e. The van der Waals surface area contributed by atoms with E-state index in [4.69, 9.17) is 9.47 Å². The highest BCUT2D eigenvalue weighted by Gasteiger charge is 2.43. The van der Waals surface area contributed by atoms with E-state index in [2.05, 4.69) is 6.58 Å². The standard InChI is InChI=1S/C9H14O3/c1-4-7-9(12-7)6(3)11-8(10)5-2/h5-7,9H,2,4H2,1,3H3. The summed E-state index contributed by atoms with van der Waals surface area (Å²) in [7, 11) is 0. The molecule has 0 N–H and O–H groups in total. The first-order chi connectivity index (χ1) is 5.69. The highest BCUT2D eigenvalue weighted by Crippen LogP contribution is 2.29. The van der Waals surface area contributed by atoms with Gasteiger partial charge in [-0.2, -0.15) is 0 Å². The molecule has 0 aliphatic carbocycles. The van der Waals surface area contributed by atoms with Crippen molar-refractivity contribution in [2.75, 3.05) is 0 Å². The first kappa shape index (κ1) is 9.26. The number of esters is 1. The molecule has 0 aromatic rings. The summed E-state index contributed by atoms with van der Waals surface area (Å²) in [5.41, 5.74) is 0. The van der Waals surface area contributed by atoms with Gasteiger partial charge in [0.1, 0.15) is 12.2 Å². The lowest BCUT2D eigenvalue weighted by molar-refractivity contribution is -0.143. The Hall–Kier alpha value is -0.830. The third-order valence-corrected chi connectivity index (χ3v) is 1.96. The van der Waals surface area contributed by atoms with Crippen molar-refractivity contribution < 1.29 is 14.3 Å². The summed E-state index contributed by atoms with van der Waals surface area (Å²) < 4.78 is 10.2. The molecule has 12 heavy (non-hydrogen) atoms. The molecule has 1 aliphatic rings. The van der Waals surface area contributed by atoms with E-state index >= 15 is 0 Å². The first-order valence-electron chi connectivity index (χ1n) is 4.17. The van der Waals surface area contributed by atoms with Gasteiger partial charge in [-0.15, -0.1) is 0 Å². The molecule has 0 aromatic carbocycles. The van der Waals surface area contributed by atoms with Gasteiger partial charge >= 0.3 is 5.97 Å². The van der Waals surface area contributed by atoms with Crippen LogP contribution < -0.4 is 0 Å². The van der Waals surface area contributed by atoms with Crippen LogP contribution in [0.15, 0.2) is 12.7 Å². The van der Waals surface area contributed by atoms with Gasteiger partial charge in [-0.25, -0.2) is 4.79 Å². The predicted octanol–water partition coefficient (Wildman–Crippen LogP) is 1.28. The fourth-order valence-electron chi connectivity index (χ4n) is 1.20. The van der Waals surface area contributed by atoms with Crippen LogP contribution in [0.4, 0.5) is 0 Å². The van der Waals surface area contributed by atoms with Gasteiger partial charge < -0.3 is 9.47 Å². The minimum absolute atomic E-state index is 0.0962. The summed E-state index contributed by atoms with van der Waals surface area (Å²) in [4.78, 5) is 10.8. The van der Waals surface area contributed by atoms with E-state index in [0.29, 0.717) is 0 Å². The van der Waals surface area contributed by atoms with E-state index in [9.17, 15) is 4.79 Å². The zero-order valence-electron chi connectivity index (χ0n) is 7.45. The van der Waals surface area contributed by atoms with Gasteiger partial charge in [-0.1, -0.05) is 13.5 Å². The van der Waals surface area contributed by atoms with Crippen LogP contribution >= 0.6 is 0 Å². The number of rotatable bonds is 4. The van der Waals surface area contributed by atoms with Gasteiger partial charge in [0.15, 0.2) is 0 Å². The van der Waals surface area contributed by atoms with Crippen molar-refractivity contribution in [2.24, 2.45) is 0 Å². The lowest BCUT2D eigenvalue weighted by atomic mass is 10.2. The van der Waals surface area contributed by atoms with Crippen molar-refractivity contribution in [3.63, 3.8) is 0 Å². The number of epoxide rings is 1. The van der Waals surface area contributed by atoms with Crippen molar-refractivity contribution in [2.45, 2.75) is 38.6 Å². The Labute approximate surface area is 72.4 Å². The summed E-state index contributed by atoms with van der Waals surface area (Å²) in [5, 5.41) is 0. The molecule has 0 radical (unpaired) electrons. The highest BCUT2D eigenvalue weighted by atomic mass is 16.6. The molecule has 1 fully saturated rings. The summed E-state index contributed by atoms with van der Waals surface area (Å²) in [6.07, 6.45) is 2.36. The van der Waals surface area contributed by atoms with Crippen molar-refractivity contribution in [3.05, 3.63) is 12.7 Å². The second-order valence-corrected chi connectivity index (χ2v) is 2.89. The average Bonchev–Trinajstić information content (AvgIpc) is 2.82. The number of ether oxygens (including phenoxy) is 2. The Balaban J connectivity index is 2.26. The van der Waals surface area contributed by atoms with Crippen molar-refractivity contribution >= 4 is 5.97 Å². The van der Waals surface area contributed by atoms with Crippen LogP contribution in [0.25, 0.3) is 0 Å². The van der Waals surface area contributed by atoms with E-state index < -0.39 is 0 Å². The molecule has 1 aliphatic heterocycles. The number of carbonyl (C=O) groups excluding carboxylic acids is 1.